The number of unbranched alkanes of at least 4 members (excludes halogenated alkanes) is 3. The van der Waals surface area contributed by atoms with Gasteiger partial charge in [0, 0.05) is 12.1 Å². The van der Waals surface area contributed by atoms with E-state index in [2.05, 4.69) is 16.9 Å². The third-order valence-corrected chi connectivity index (χ3v) is 5.33. The van der Waals surface area contributed by atoms with Gasteiger partial charge in [-0.15, -0.1) is 0 Å². The van der Waals surface area contributed by atoms with Crippen molar-refractivity contribution in [3.8, 4) is 28.8 Å². The third kappa shape index (κ3) is 4.14. The first-order chi connectivity index (χ1) is 15.3. The Kier molecular flexibility index (Phi) is 5.35. The van der Waals surface area contributed by atoms with E-state index >= 15 is 0 Å². The van der Waals surface area contributed by atoms with Crippen LogP contribution in [0.5, 0.6) is 5.75 Å². The highest BCUT2D eigenvalue weighted by atomic mass is 16.5. The molecule has 0 fully saturated rings. The summed E-state index contributed by atoms with van der Waals surface area (Å²) in [6, 6.07) is 19.9. The van der Waals surface area contributed by atoms with E-state index in [0.29, 0.717) is 6.61 Å². The highest BCUT2D eigenvalue weighted by Gasteiger charge is 2.14. The average molecular weight is 412 g/mol. The molecule has 0 aliphatic rings. The Morgan fingerprint density at radius 3 is 1.84 bits per heavy atom. The first-order valence-electron chi connectivity index (χ1n) is 10.9. The molecule has 0 saturated heterocycles. The van der Waals surface area contributed by atoms with Crippen LogP contribution in [-0.2, 0) is 0 Å². The number of nitrogens with one attached hydrogen (secondary N) is 2. The van der Waals surface area contributed by atoms with Crippen LogP contribution in [0.15, 0.2) is 60.7 Å². The number of ether oxygens (including phenoxy) is 1. The van der Waals surface area contributed by atoms with Crippen LogP contribution in [0.25, 0.3) is 45.1 Å². The number of fused-ring (bicyclic) bond motifs is 2. The van der Waals surface area contributed by atoms with Crippen molar-refractivity contribution in [1.29, 1.82) is 0 Å². The maximum atomic E-state index is 6.10. The lowest BCUT2D eigenvalue weighted by Crippen LogP contribution is -2.00. The summed E-state index contributed by atoms with van der Waals surface area (Å²) in [6.45, 7) is 2.89. The molecule has 0 bridgehead atoms. The molecule has 0 amide bonds. The number of aromatic nitrogens is 5. The van der Waals surface area contributed by atoms with E-state index in [9.17, 15) is 0 Å². The number of hydrogen-bond acceptors (Lipinski definition) is 4. The number of H-pyrrole nitrogens is 2. The van der Waals surface area contributed by atoms with Crippen LogP contribution >= 0.6 is 0 Å². The van der Waals surface area contributed by atoms with E-state index in [0.717, 1.165) is 57.3 Å². The molecule has 2 aromatic carbocycles. The number of rotatable bonds is 8. The Morgan fingerprint density at radius 1 is 0.710 bits per heavy atom. The lowest BCUT2D eigenvalue weighted by Gasteiger charge is -2.09. The number of hydrogen-bond donors (Lipinski definition) is 2. The summed E-state index contributed by atoms with van der Waals surface area (Å²) >= 11 is 0. The van der Waals surface area contributed by atoms with Gasteiger partial charge >= 0.3 is 0 Å². The van der Waals surface area contributed by atoms with Gasteiger partial charge in [-0.05, 0) is 30.7 Å². The number of nitrogens with zero attached hydrogens (tertiary/aromatic N) is 3. The molecule has 6 nitrogen and oxygen atoms in total. The second-order valence-electron chi connectivity index (χ2n) is 7.69. The number of benzene rings is 2. The van der Waals surface area contributed by atoms with Crippen molar-refractivity contribution in [2.75, 3.05) is 6.61 Å². The molecular formula is C25H25N5O. The minimum Gasteiger partial charge on any atom is -0.493 e. The van der Waals surface area contributed by atoms with Gasteiger partial charge in [0.15, 0.2) is 11.6 Å². The molecule has 0 radical (unpaired) electrons. The van der Waals surface area contributed by atoms with Gasteiger partial charge in [0.05, 0.1) is 28.7 Å². The molecule has 3 aromatic heterocycles. The molecule has 156 valence electrons. The normalized spacial score (nSPS) is 11.4. The van der Waals surface area contributed by atoms with Gasteiger partial charge in [0.1, 0.15) is 17.1 Å². The van der Waals surface area contributed by atoms with Crippen molar-refractivity contribution in [2.24, 2.45) is 0 Å². The van der Waals surface area contributed by atoms with Crippen LogP contribution < -0.4 is 4.74 Å². The zero-order valence-electron chi connectivity index (χ0n) is 17.6. The minimum absolute atomic E-state index is 0.684. The highest BCUT2D eigenvalue weighted by Crippen LogP contribution is 2.28. The van der Waals surface area contributed by atoms with Gasteiger partial charge in [-0.3, -0.25) is 0 Å². The Balaban J connectivity index is 1.53. The van der Waals surface area contributed by atoms with Crippen LogP contribution in [-0.4, -0.2) is 31.5 Å². The SMILES string of the molecule is CCCCCCOc1cc(-c2nc3ccccc3[nH]2)nc(-c2nc3ccccc3[nH]2)c1. The summed E-state index contributed by atoms with van der Waals surface area (Å²) in [4.78, 5) is 21.0. The van der Waals surface area contributed by atoms with E-state index in [4.69, 9.17) is 19.7 Å². The maximum absolute atomic E-state index is 6.10. The van der Waals surface area contributed by atoms with Gasteiger partial charge in [0.25, 0.3) is 0 Å². The summed E-state index contributed by atoms with van der Waals surface area (Å²) in [5, 5.41) is 0. The third-order valence-electron chi connectivity index (χ3n) is 5.33. The summed E-state index contributed by atoms with van der Waals surface area (Å²) < 4.78 is 6.10. The lowest BCUT2D eigenvalue weighted by molar-refractivity contribution is 0.305. The topological polar surface area (TPSA) is 79.5 Å². The van der Waals surface area contributed by atoms with Crippen LogP contribution in [0.2, 0.25) is 0 Å². The van der Waals surface area contributed by atoms with Crippen LogP contribution in [0.3, 0.4) is 0 Å². The number of para-hydroxylation sites is 4. The van der Waals surface area contributed by atoms with Crippen LogP contribution in [0.4, 0.5) is 0 Å². The molecule has 0 aliphatic heterocycles. The molecule has 31 heavy (non-hydrogen) atoms. The Hall–Kier alpha value is -3.67. The van der Waals surface area contributed by atoms with Crippen molar-refractivity contribution in [1.82, 2.24) is 24.9 Å². The number of aromatic amines is 2. The lowest BCUT2D eigenvalue weighted by atomic mass is 10.2. The molecule has 3 heterocycles. The Labute approximate surface area is 180 Å². The zero-order chi connectivity index (χ0) is 21.0. The van der Waals surface area contributed by atoms with Crippen LogP contribution in [0.1, 0.15) is 32.6 Å². The predicted octanol–water partition coefficient (Wildman–Crippen LogP) is 6.13. The number of pyridine rings is 1. The fourth-order valence-electron chi connectivity index (χ4n) is 3.70. The fraction of sp³-hybridized carbons (Fsp3) is 0.240. The van der Waals surface area contributed by atoms with E-state index in [1.165, 1.54) is 19.3 Å². The molecule has 5 aromatic rings. The Bertz CT molecular complexity index is 1160. The predicted molar refractivity (Wildman–Crippen MR) is 124 cm³/mol. The second kappa shape index (κ2) is 8.60. The molecule has 0 aliphatic carbocycles. The van der Waals surface area contributed by atoms with Crippen molar-refractivity contribution in [3.05, 3.63) is 60.7 Å². The Morgan fingerprint density at radius 2 is 1.29 bits per heavy atom. The monoisotopic (exact) mass is 411 g/mol. The highest BCUT2D eigenvalue weighted by molar-refractivity contribution is 5.80. The van der Waals surface area contributed by atoms with E-state index in [1.807, 2.05) is 60.7 Å². The van der Waals surface area contributed by atoms with E-state index < -0.39 is 0 Å². The van der Waals surface area contributed by atoms with E-state index in [1.54, 1.807) is 0 Å². The number of imidazole rings is 2. The molecule has 5 rings (SSSR count). The second-order valence-corrected chi connectivity index (χ2v) is 7.69. The molecule has 0 unspecified atom stereocenters. The molecular weight excluding hydrogens is 386 g/mol. The first kappa shape index (κ1) is 19.3. The smallest absolute Gasteiger partial charge is 0.157 e. The molecule has 2 N–H and O–H groups in total. The average Bonchev–Trinajstić information content (AvgIpc) is 3.43. The summed E-state index contributed by atoms with van der Waals surface area (Å²) in [7, 11) is 0. The molecule has 6 heteroatoms. The van der Waals surface area contributed by atoms with Gasteiger partial charge < -0.3 is 14.7 Å². The quantitative estimate of drug-likeness (QED) is 0.301. The molecule has 0 spiro atoms. The summed E-state index contributed by atoms with van der Waals surface area (Å²) in [6.07, 6.45) is 4.65. The maximum Gasteiger partial charge on any atom is 0.157 e. The standard InChI is InChI=1S/C25H25N5O/c1-2-3-4-9-14-31-17-15-22(24-27-18-10-5-6-11-19(18)28-24)26-23(16-17)25-29-20-12-7-8-13-21(20)30-25/h5-8,10-13,15-16H,2-4,9,14H2,1H3,(H,27,28)(H,29,30). The van der Waals surface area contributed by atoms with Crippen molar-refractivity contribution in [2.45, 2.75) is 32.6 Å². The van der Waals surface area contributed by atoms with Crippen molar-refractivity contribution in [3.63, 3.8) is 0 Å². The first-order valence-corrected chi connectivity index (χ1v) is 10.9. The summed E-state index contributed by atoms with van der Waals surface area (Å²) in [5.74, 6) is 2.21. The zero-order valence-corrected chi connectivity index (χ0v) is 17.6. The van der Waals surface area contributed by atoms with Gasteiger partial charge in [-0.25, -0.2) is 15.0 Å². The minimum atomic E-state index is 0.684. The van der Waals surface area contributed by atoms with E-state index in [-0.39, 0.29) is 0 Å². The summed E-state index contributed by atoms with van der Waals surface area (Å²) in [5.41, 5.74) is 5.26. The largest absolute Gasteiger partial charge is 0.493 e. The molecule has 0 atom stereocenters. The van der Waals surface area contributed by atoms with Gasteiger partial charge in [-0.1, -0.05) is 50.5 Å². The van der Waals surface area contributed by atoms with Crippen LogP contribution in [0, 0.1) is 0 Å². The van der Waals surface area contributed by atoms with Gasteiger partial charge in [0.2, 0.25) is 0 Å². The van der Waals surface area contributed by atoms with Gasteiger partial charge in [-0.2, -0.15) is 0 Å². The molecule has 0 saturated carbocycles. The van der Waals surface area contributed by atoms with Crippen molar-refractivity contribution < 1.29 is 4.74 Å². The van der Waals surface area contributed by atoms with Crippen molar-refractivity contribution >= 4 is 22.1 Å². The fourth-order valence-corrected chi connectivity index (χ4v) is 3.70.